The highest BCUT2D eigenvalue weighted by Crippen LogP contribution is 2.30. The van der Waals surface area contributed by atoms with Crippen LogP contribution in [0.1, 0.15) is 11.1 Å². The molecule has 37 heavy (non-hydrogen) atoms. The van der Waals surface area contributed by atoms with Crippen molar-refractivity contribution in [2.75, 3.05) is 27.2 Å². The molecule has 0 bridgehead atoms. The highest BCUT2D eigenvalue weighted by Gasteiger charge is 2.42. The van der Waals surface area contributed by atoms with E-state index in [-0.39, 0.29) is 30.0 Å². The summed E-state index contributed by atoms with van der Waals surface area (Å²) in [6.07, 6.45) is -1.40. The van der Waals surface area contributed by atoms with Gasteiger partial charge in [-0.3, -0.25) is 0 Å². The zero-order valence-corrected chi connectivity index (χ0v) is 19.7. The first-order chi connectivity index (χ1) is 17.2. The van der Waals surface area contributed by atoms with Crippen LogP contribution in [0.4, 0.5) is 26.3 Å². The van der Waals surface area contributed by atoms with Gasteiger partial charge in [0.05, 0.1) is 26.5 Å². The molecule has 1 aromatic heterocycles. The summed E-state index contributed by atoms with van der Waals surface area (Å²) >= 11 is 0. The van der Waals surface area contributed by atoms with E-state index in [2.05, 4.69) is 19.9 Å². The van der Waals surface area contributed by atoms with Crippen molar-refractivity contribution in [3.8, 4) is 5.75 Å². The lowest BCUT2D eigenvalue weighted by Gasteiger charge is -2.35. The molecule has 0 spiro atoms. The van der Waals surface area contributed by atoms with Gasteiger partial charge in [-0.05, 0) is 29.8 Å². The van der Waals surface area contributed by atoms with Crippen molar-refractivity contribution in [1.29, 1.82) is 0 Å². The third kappa shape index (κ3) is 7.20. The zero-order chi connectivity index (χ0) is 27.4. The van der Waals surface area contributed by atoms with E-state index in [0.29, 0.717) is 6.07 Å². The number of aliphatic hydroxyl groups is 1. The minimum atomic E-state index is -4.33. The molecule has 3 aromatic rings. The van der Waals surface area contributed by atoms with Crippen molar-refractivity contribution in [2.45, 2.75) is 24.5 Å². The van der Waals surface area contributed by atoms with Gasteiger partial charge in [-0.2, -0.15) is 13.9 Å². The number of likely N-dealkylation sites (N-methyl/N-ethyl adjacent to an activating group) is 1. The topological polar surface area (TPSA) is 95.6 Å². The Balaban J connectivity index is 1.82. The molecule has 0 radical (unpaired) electrons. The molecule has 14 heteroatoms. The maximum absolute atomic E-state index is 14.6. The smallest absolute Gasteiger partial charge is 0.340 e. The number of alkyl halides is 4. The second-order valence-corrected chi connectivity index (χ2v) is 8.81. The van der Waals surface area contributed by atoms with Crippen LogP contribution >= 0.6 is 0 Å². The van der Waals surface area contributed by atoms with E-state index in [4.69, 9.17) is 0 Å². The number of quaternary nitrogens is 1. The van der Waals surface area contributed by atoms with Crippen LogP contribution in [0.5, 0.6) is 5.75 Å². The number of ether oxygens (including phenoxy) is 1. The zero-order valence-electron chi connectivity index (χ0n) is 19.7. The summed E-state index contributed by atoms with van der Waals surface area (Å²) in [7, 11) is 2.91. The first kappa shape index (κ1) is 27.9. The molecule has 0 aliphatic rings. The molecule has 1 unspecified atom stereocenters. The SMILES string of the molecule is C[N+](C)(CC(O)(Cn1cncn1)c1ccc(F)cc1F)/N=C(\[O-])c1ccc(OCC(F)(F)C(F)F)cc1. The molecule has 2 aromatic carbocycles. The minimum absolute atomic E-state index is 0.00643. The molecule has 0 aliphatic carbocycles. The molecule has 200 valence electrons. The van der Waals surface area contributed by atoms with Crippen molar-refractivity contribution < 1.29 is 45.9 Å². The first-order valence-electron chi connectivity index (χ1n) is 10.7. The lowest BCUT2D eigenvalue weighted by Crippen LogP contribution is -2.50. The Labute approximate surface area is 207 Å². The third-order valence-electron chi connectivity index (χ3n) is 5.18. The van der Waals surface area contributed by atoms with Crippen LogP contribution in [-0.4, -0.2) is 70.0 Å². The quantitative estimate of drug-likeness (QED) is 0.135. The maximum atomic E-state index is 14.6. The van der Waals surface area contributed by atoms with Gasteiger partial charge >= 0.3 is 12.3 Å². The van der Waals surface area contributed by atoms with Crippen molar-refractivity contribution in [2.24, 2.45) is 5.10 Å². The van der Waals surface area contributed by atoms with Crippen molar-refractivity contribution in [3.05, 3.63) is 77.9 Å². The lowest BCUT2D eigenvalue weighted by molar-refractivity contribution is -0.905. The average Bonchev–Trinajstić information content (AvgIpc) is 3.29. The van der Waals surface area contributed by atoms with Crippen molar-refractivity contribution in [3.63, 3.8) is 0 Å². The molecule has 1 N–H and O–H groups in total. The Bertz CT molecular complexity index is 1220. The van der Waals surface area contributed by atoms with E-state index >= 15 is 0 Å². The van der Waals surface area contributed by atoms with Crippen LogP contribution in [0, 0.1) is 11.6 Å². The predicted octanol–water partition coefficient (Wildman–Crippen LogP) is 2.52. The van der Waals surface area contributed by atoms with Gasteiger partial charge < -0.3 is 14.9 Å². The number of aromatic nitrogens is 3. The normalized spacial score (nSPS) is 14.6. The summed E-state index contributed by atoms with van der Waals surface area (Å²) in [5, 5.41) is 32.2. The highest BCUT2D eigenvalue weighted by molar-refractivity contribution is 5.90. The van der Waals surface area contributed by atoms with E-state index in [1.165, 1.54) is 43.6 Å². The van der Waals surface area contributed by atoms with Gasteiger partial charge in [-0.25, -0.2) is 31.8 Å². The molecular formula is C23H23F6N5O3. The standard InChI is InChI=1S/C23H23F6N5O3/c1-34(2,32-20(35)15-3-6-17(7-4-15)37-12-23(28,29)21(26)27)11-22(36,10-33-14-30-13-31-33)18-8-5-16(24)9-19(18)25/h3-9,13-14,21,36H,10-12H2,1-2H3. The van der Waals surface area contributed by atoms with Crippen LogP contribution < -0.4 is 9.84 Å². The minimum Gasteiger partial charge on any atom is -0.855 e. The summed E-state index contributed by atoms with van der Waals surface area (Å²) in [5.74, 6) is -7.14. The summed E-state index contributed by atoms with van der Waals surface area (Å²) < 4.78 is 84.1. The Morgan fingerprint density at radius 2 is 1.84 bits per heavy atom. The first-order valence-corrected chi connectivity index (χ1v) is 10.7. The van der Waals surface area contributed by atoms with Gasteiger partial charge in [0, 0.05) is 11.6 Å². The average molecular weight is 531 g/mol. The molecule has 0 saturated heterocycles. The monoisotopic (exact) mass is 531 g/mol. The Hall–Kier alpha value is -3.65. The molecular weight excluding hydrogens is 508 g/mol. The van der Waals surface area contributed by atoms with Gasteiger partial charge in [-0.1, -0.05) is 17.2 Å². The summed E-state index contributed by atoms with van der Waals surface area (Å²) in [6.45, 7) is -2.20. The van der Waals surface area contributed by atoms with Gasteiger partial charge in [0.2, 0.25) is 0 Å². The second-order valence-electron chi connectivity index (χ2n) is 8.81. The van der Waals surface area contributed by atoms with Crippen LogP contribution in [0.15, 0.2) is 60.2 Å². The van der Waals surface area contributed by atoms with E-state index in [0.717, 1.165) is 24.3 Å². The highest BCUT2D eigenvalue weighted by atomic mass is 19.3. The number of nitrogens with zero attached hydrogens (tertiary/aromatic N) is 5. The van der Waals surface area contributed by atoms with Gasteiger partial charge in [0.15, 0.2) is 12.2 Å². The third-order valence-corrected chi connectivity index (χ3v) is 5.18. The van der Waals surface area contributed by atoms with Crippen LogP contribution in [0.25, 0.3) is 0 Å². The molecule has 0 fully saturated rings. The van der Waals surface area contributed by atoms with Crippen LogP contribution in [0.2, 0.25) is 0 Å². The lowest BCUT2D eigenvalue weighted by atomic mass is 9.92. The Morgan fingerprint density at radius 1 is 1.16 bits per heavy atom. The summed E-state index contributed by atoms with van der Waals surface area (Å²) in [6, 6.07) is 7.35. The molecule has 0 amide bonds. The van der Waals surface area contributed by atoms with E-state index in [9.17, 15) is 36.6 Å². The summed E-state index contributed by atoms with van der Waals surface area (Å²) in [5.41, 5.74) is -2.25. The van der Waals surface area contributed by atoms with Gasteiger partial charge in [0.25, 0.3) is 0 Å². The fraction of sp³-hybridized carbons (Fsp3) is 0.348. The number of benzene rings is 2. The molecule has 1 atom stereocenters. The van der Waals surface area contributed by atoms with Crippen LogP contribution in [0.3, 0.4) is 0 Å². The Morgan fingerprint density at radius 3 is 2.41 bits per heavy atom. The molecule has 0 saturated carbocycles. The number of rotatable bonds is 11. The van der Waals surface area contributed by atoms with Gasteiger partial charge in [0.1, 0.15) is 36.6 Å². The largest absolute Gasteiger partial charge is 0.855 e. The number of hydrogen-bond acceptors (Lipinski definition) is 6. The molecule has 3 rings (SSSR count). The van der Waals surface area contributed by atoms with Crippen LogP contribution in [-0.2, 0) is 12.1 Å². The summed E-state index contributed by atoms with van der Waals surface area (Å²) in [4.78, 5) is 3.78. The molecule has 1 heterocycles. The number of hydrogen-bond donors (Lipinski definition) is 1. The van der Waals surface area contributed by atoms with E-state index in [1.807, 2.05) is 0 Å². The second kappa shape index (κ2) is 10.8. The molecule has 0 aliphatic heterocycles. The van der Waals surface area contributed by atoms with Gasteiger partial charge in [-0.15, -0.1) is 0 Å². The van der Waals surface area contributed by atoms with Crippen molar-refractivity contribution >= 4 is 5.90 Å². The predicted molar refractivity (Wildman–Crippen MR) is 117 cm³/mol. The number of halogens is 6. The molecule has 8 nitrogen and oxygen atoms in total. The fourth-order valence-electron chi connectivity index (χ4n) is 3.58. The fourth-order valence-corrected chi connectivity index (χ4v) is 3.58. The van der Waals surface area contributed by atoms with E-state index < -0.39 is 46.7 Å². The Kier molecular flexibility index (Phi) is 8.12. The maximum Gasteiger partial charge on any atom is 0.340 e. The van der Waals surface area contributed by atoms with E-state index in [1.54, 1.807) is 0 Å². The van der Waals surface area contributed by atoms with Crippen molar-refractivity contribution in [1.82, 2.24) is 14.8 Å².